The molecule has 1 amide bonds. The fraction of sp³-hybridized carbons (Fsp3) is 0. The number of pyridine rings is 1. The van der Waals surface area contributed by atoms with Crippen LogP contribution in [0.2, 0.25) is 0 Å². The summed E-state index contributed by atoms with van der Waals surface area (Å²) in [5.74, 6) is -1.00. The normalized spacial score (nSPS) is 10.6. The summed E-state index contributed by atoms with van der Waals surface area (Å²) in [6, 6.07) is 8.56. The van der Waals surface area contributed by atoms with Crippen molar-refractivity contribution >= 4 is 22.6 Å². The fourth-order valence-corrected chi connectivity index (χ4v) is 1.82. The van der Waals surface area contributed by atoms with Crippen LogP contribution in [0.15, 0.2) is 53.4 Å². The standard InChI is InChI=1S/C14H9FN2O2/c15-11-7-16-6-5-12(11)17-14(18)10-8-19-13-4-2-1-3-9(10)13/h1-8H,(H,16,17,18). The molecule has 0 saturated carbocycles. The Morgan fingerprint density at radius 1 is 1.26 bits per heavy atom. The van der Waals surface area contributed by atoms with Crippen LogP contribution in [-0.2, 0) is 0 Å². The SMILES string of the molecule is O=C(Nc1ccncc1F)c1coc2ccccc12. The molecule has 0 aliphatic rings. The molecule has 2 heterocycles. The molecule has 94 valence electrons. The third-order valence-corrected chi connectivity index (χ3v) is 2.75. The monoisotopic (exact) mass is 256 g/mol. The summed E-state index contributed by atoms with van der Waals surface area (Å²) >= 11 is 0. The molecule has 0 radical (unpaired) electrons. The minimum Gasteiger partial charge on any atom is -0.463 e. The van der Waals surface area contributed by atoms with Crippen LogP contribution in [-0.4, -0.2) is 10.9 Å². The van der Waals surface area contributed by atoms with Gasteiger partial charge in [0.2, 0.25) is 0 Å². The molecule has 0 atom stereocenters. The van der Waals surface area contributed by atoms with E-state index >= 15 is 0 Å². The molecule has 19 heavy (non-hydrogen) atoms. The summed E-state index contributed by atoms with van der Waals surface area (Å²) < 4.78 is 18.7. The predicted octanol–water partition coefficient (Wildman–Crippen LogP) is 3.22. The van der Waals surface area contributed by atoms with E-state index in [9.17, 15) is 9.18 Å². The first-order chi connectivity index (χ1) is 9.25. The van der Waals surface area contributed by atoms with E-state index in [0.29, 0.717) is 16.5 Å². The van der Waals surface area contributed by atoms with Gasteiger partial charge >= 0.3 is 0 Å². The van der Waals surface area contributed by atoms with Crippen LogP contribution >= 0.6 is 0 Å². The van der Waals surface area contributed by atoms with Crippen molar-refractivity contribution < 1.29 is 13.6 Å². The lowest BCUT2D eigenvalue weighted by atomic mass is 10.1. The van der Waals surface area contributed by atoms with Gasteiger partial charge in [-0.2, -0.15) is 0 Å². The maximum atomic E-state index is 13.4. The highest BCUT2D eigenvalue weighted by atomic mass is 19.1. The van der Waals surface area contributed by atoms with E-state index in [1.165, 1.54) is 18.5 Å². The van der Waals surface area contributed by atoms with Crippen LogP contribution < -0.4 is 5.32 Å². The molecule has 1 aromatic carbocycles. The fourth-order valence-electron chi connectivity index (χ4n) is 1.82. The zero-order valence-corrected chi connectivity index (χ0v) is 9.76. The number of hydrogen-bond donors (Lipinski definition) is 1. The minimum absolute atomic E-state index is 0.0882. The average molecular weight is 256 g/mol. The van der Waals surface area contributed by atoms with E-state index in [2.05, 4.69) is 10.3 Å². The number of amides is 1. The molecule has 0 unspecified atom stereocenters. The van der Waals surface area contributed by atoms with Gasteiger partial charge in [0.15, 0.2) is 5.82 Å². The smallest absolute Gasteiger partial charge is 0.259 e. The van der Waals surface area contributed by atoms with E-state index in [1.54, 1.807) is 12.1 Å². The summed E-state index contributed by atoms with van der Waals surface area (Å²) in [4.78, 5) is 15.7. The Labute approximate surface area is 107 Å². The van der Waals surface area contributed by atoms with Gasteiger partial charge in [-0.05, 0) is 12.1 Å². The number of hydrogen-bond acceptors (Lipinski definition) is 3. The van der Waals surface area contributed by atoms with Gasteiger partial charge in [-0.15, -0.1) is 0 Å². The van der Waals surface area contributed by atoms with Crippen LogP contribution in [0.25, 0.3) is 11.0 Å². The summed E-state index contributed by atoms with van der Waals surface area (Å²) in [5.41, 5.74) is 1.07. The number of carbonyl (C=O) groups excluding carboxylic acids is 1. The highest BCUT2D eigenvalue weighted by Crippen LogP contribution is 2.22. The van der Waals surface area contributed by atoms with Crippen LogP contribution in [0.5, 0.6) is 0 Å². The quantitative estimate of drug-likeness (QED) is 0.765. The zero-order valence-electron chi connectivity index (χ0n) is 9.76. The molecule has 0 saturated heterocycles. The second-order valence-corrected chi connectivity index (χ2v) is 3.96. The Bertz CT molecular complexity index is 752. The highest BCUT2D eigenvalue weighted by molar-refractivity contribution is 6.12. The van der Waals surface area contributed by atoms with Crippen LogP contribution in [0.3, 0.4) is 0 Å². The second kappa shape index (κ2) is 4.53. The van der Waals surface area contributed by atoms with Crippen molar-refractivity contribution in [2.75, 3.05) is 5.32 Å². The number of para-hydroxylation sites is 1. The lowest BCUT2D eigenvalue weighted by Crippen LogP contribution is -2.12. The Morgan fingerprint density at radius 2 is 2.11 bits per heavy atom. The van der Waals surface area contributed by atoms with Gasteiger partial charge in [0, 0.05) is 11.6 Å². The number of nitrogens with one attached hydrogen (secondary N) is 1. The van der Waals surface area contributed by atoms with E-state index in [1.807, 2.05) is 12.1 Å². The topological polar surface area (TPSA) is 55.1 Å². The largest absolute Gasteiger partial charge is 0.463 e. The molecule has 3 aromatic rings. The van der Waals surface area contributed by atoms with Gasteiger partial charge in [0.25, 0.3) is 5.91 Å². The molecular formula is C14H9FN2O2. The van der Waals surface area contributed by atoms with Gasteiger partial charge in [0.1, 0.15) is 11.8 Å². The van der Waals surface area contributed by atoms with E-state index in [4.69, 9.17) is 4.42 Å². The Morgan fingerprint density at radius 3 is 2.95 bits per heavy atom. The number of halogens is 1. The third kappa shape index (κ3) is 2.06. The number of carbonyl (C=O) groups is 1. The maximum Gasteiger partial charge on any atom is 0.259 e. The molecule has 0 aliphatic heterocycles. The van der Waals surface area contributed by atoms with Gasteiger partial charge in [-0.3, -0.25) is 9.78 Å². The van der Waals surface area contributed by atoms with Gasteiger partial charge in [0.05, 0.1) is 17.4 Å². The van der Waals surface area contributed by atoms with E-state index in [0.717, 1.165) is 6.20 Å². The third-order valence-electron chi connectivity index (χ3n) is 2.75. The van der Waals surface area contributed by atoms with Crippen LogP contribution in [0, 0.1) is 5.82 Å². The zero-order chi connectivity index (χ0) is 13.2. The van der Waals surface area contributed by atoms with Gasteiger partial charge in [-0.1, -0.05) is 18.2 Å². The van der Waals surface area contributed by atoms with Crippen molar-refractivity contribution in [3.05, 3.63) is 60.4 Å². The van der Waals surface area contributed by atoms with Gasteiger partial charge < -0.3 is 9.73 Å². The molecule has 1 N–H and O–H groups in total. The van der Waals surface area contributed by atoms with Gasteiger partial charge in [-0.25, -0.2) is 4.39 Å². The first-order valence-corrected chi connectivity index (χ1v) is 5.63. The summed E-state index contributed by atoms with van der Waals surface area (Å²) in [6.45, 7) is 0. The van der Waals surface area contributed by atoms with Crippen molar-refractivity contribution in [1.82, 2.24) is 4.98 Å². The molecule has 0 bridgehead atoms. The minimum atomic E-state index is -0.580. The number of rotatable bonds is 2. The molecule has 0 aliphatic carbocycles. The first-order valence-electron chi connectivity index (χ1n) is 5.63. The number of fused-ring (bicyclic) bond motifs is 1. The van der Waals surface area contributed by atoms with Crippen LogP contribution in [0.4, 0.5) is 10.1 Å². The molecule has 2 aromatic heterocycles. The molecule has 0 fully saturated rings. The molecule has 3 rings (SSSR count). The Hall–Kier alpha value is -2.69. The number of nitrogens with zero attached hydrogens (tertiary/aromatic N) is 1. The number of aromatic nitrogens is 1. The summed E-state index contributed by atoms with van der Waals surface area (Å²) in [5, 5.41) is 3.18. The molecule has 5 heteroatoms. The number of benzene rings is 1. The van der Waals surface area contributed by atoms with Crippen molar-refractivity contribution in [1.29, 1.82) is 0 Å². The van der Waals surface area contributed by atoms with Crippen molar-refractivity contribution in [2.24, 2.45) is 0 Å². The number of furan rings is 1. The maximum absolute atomic E-state index is 13.4. The molecule has 4 nitrogen and oxygen atoms in total. The van der Waals surface area contributed by atoms with Crippen molar-refractivity contribution in [3.63, 3.8) is 0 Å². The second-order valence-electron chi connectivity index (χ2n) is 3.96. The predicted molar refractivity (Wildman–Crippen MR) is 68.4 cm³/mol. The molecular weight excluding hydrogens is 247 g/mol. The van der Waals surface area contributed by atoms with E-state index in [-0.39, 0.29) is 5.69 Å². The number of anilines is 1. The van der Waals surface area contributed by atoms with Crippen molar-refractivity contribution in [2.45, 2.75) is 0 Å². The lowest BCUT2D eigenvalue weighted by Gasteiger charge is -2.04. The summed E-state index contributed by atoms with van der Waals surface area (Å²) in [7, 11) is 0. The first kappa shape index (κ1) is 11.4. The summed E-state index contributed by atoms with van der Waals surface area (Å²) in [6.07, 6.45) is 3.81. The lowest BCUT2D eigenvalue weighted by molar-refractivity contribution is 0.102. The van der Waals surface area contributed by atoms with Crippen LogP contribution in [0.1, 0.15) is 10.4 Å². The average Bonchev–Trinajstić information content (AvgIpc) is 2.85. The molecule has 0 spiro atoms. The van der Waals surface area contributed by atoms with Crippen molar-refractivity contribution in [3.8, 4) is 0 Å². The van der Waals surface area contributed by atoms with E-state index < -0.39 is 11.7 Å². The Balaban J connectivity index is 1.95. The highest BCUT2D eigenvalue weighted by Gasteiger charge is 2.14. The Kier molecular flexibility index (Phi) is 2.72.